The molecule has 0 saturated carbocycles. The minimum absolute atomic E-state index is 0.208. The predicted molar refractivity (Wildman–Crippen MR) is 104 cm³/mol. The molecule has 6 nitrogen and oxygen atoms in total. The van der Waals surface area contributed by atoms with E-state index in [1.807, 2.05) is 48.4 Å². The molecule has 0 fully saturated rings. The van der Waals surface area contributed by atoms with Crippen molar-refractivity contribution < 1.29 is 19.8 Å². The Hall–Kier alpha value is -4.02. The van der Waals surface area contributed by atoms with Gasteiger partial charge < -0.3 is 10.2 Å². The summed E-state index contributed by atoms with van der Waals surface area (Å²) < 4.78 is 0. The van der Waals surface area contributed by atoms with Gasteiger partial charge in [0.25, 0.3) is 0 Å². The zero-order valence-electron chi connectivity index (χ0n) is 14.7. The van der Waals surface area contributed by atoms with Crippen molar-refractivity contribution in [3.63, 3.8) is 0 Å². The highest BCUT2D eigenvalue weighted by Gasteiger charge is 2.12. The summed E-state index contributed by atoms with van der Waals surface area (Å²) in [5.41, 5.74) is 2.52. The van der Waals surface area contributed by atoms with E-state index in [0.29, 0.717) is 11.4 Å². The normalized spacial score (nSPS) is 11.7. The van der Waals surface area contributed by atoms with Crippen LogP contribution in [0.4, 0.5) is 11.4 Å². The van der Waals surface area contributed by atoms with Crippen LogP contribution in [0.5, 0.6) is 5.75 Å². The van der Waals surface area contributed by atoms with E-state index in [2.05, 4.69) is 10.2 Å². The van der Waals surface area contributed by atoms with Crippen LogP contribution in [0.15, 0.2) is 89.1 Å². The summed E-state index contributed by atoms with van der Waals surface area (Å²) in [6.45, 7) is 0. The number of carboxylic acids is 1. The molecule has 3 rings (SSSR count). The van der Waals surface area contributed by atoms with Gasteiger partial charge in [-0.15, -0.1) is 0 Å². The minimum Gasteiger partial charge on any atom is -0.507 e. The van der Waals surface area contributed by atoms with Crippen LogP contribution in [-0.2, 0) is 4.79 Å². The lowest BCUT2D eigenvalue weighted by Gasteiger charge is -2.12. The molecule has 0 heterocycles. The number of aromatic carboxylic acids is 1. The van der Waals surface area contributed by atoms with Crippen LogP contribution in [0, 0.1) is 0 Å². The van der Waals surface area contributed by atoms with Gasteiger partial charge in [-0.3, -0.25) is 0 Å². The van der Waals surface area contributed by atoms with E-state index in [1.165, 1.54) is 24.3 Å². The van der Waals surface area contributed by atoms with Crippen molar-refractivity contribution >= 4 is 23.3 Å². The van der Waals surface area contributed by atoms with Crippen LogP contribution >= 0.6 is 0 Å². The second-order valence-corrected chi connectivity index (χ2v) is 5.97. The van der Waals surface area contributed by atoms with Gasteiger partial charge in [0.1, 0.15) is 17.3 Å². The first kappa shape index (κ1) is 18.8. The summed E-state index contributed by atoms with van der Waals surface area (Å²) in [4.78, 5) is 22.0. The maximum absolute atomic E-state index is 11.1. The first-order valence-corrected chi connectivity index (χ1v) is 8.42. The van der Waals surface area contributed by atoms with Gasteiger partial charge in [-0.05, 0) is 41.5 Å². The van der Waals surface area contributed by atoms with E-state index in [-0.39, 0.29) is 17.2 Å². The van der Waals surface area contributed by atoms with Gasteiger partial charge in [0.05, 0.1) is 11.4 Å². The summed E-state index contributed by atoms with van der Waals surface area (Å²) in [5, 5.41) is 26.7. The minimum atomic E-state index is -1.24. The van der Waals surface area contributed by atoms with Crippen molar-refractivity contribution in [1.82, 2.24) is 0 Å². The molecule has 1 atom stereocenters. The summed E-state index contributed by atoms with van der Waals surface area (Å²) in [6.07, 6.45) is 1.47. The highest BCUT2D eigenvalue weighted by molar-refractivity contribution is 5.91. The fraction of sp³-hybridized carbons (Fsp3) is 0.0455. The van der Waals surface area contributed by atoms with E-state index >= 15 is 0 Å². The highest BCUT2D eigenvalue weighted by atomic mass is 16.4. The van der Waals surface area contributed by atoms with E-state index < -0.39 is 5.97 Å². The van der Waals surface area contributed by atoms with Crippen LogP contribution in [0.25, 0.3) is 0 Å². The van der Waals surface area contributed by atoms with Crippen molar-refractivity contribution in [2.75, 3.05) is 0 Å². The van der Waals surface area contributed by atoms with Gasteiger partial charge in [-0.1, -0.05) is 42.5 Å². The number of aromatic hydroxyl groups is 1. The van der Waals surface area contributed by atoms with Crippen molar-refractivity contribution in [2.45, 2.75) is 5.92 Å². The summed E-state index contributed by atoms with van der Waals surface area (Å²) in [7, 11) is 0. The lowest BCUT2D eigenvalue weighted by molar-refractivity contribution is 0.0693. The summed E-state index contributed by atoms with van der Waals surface area (Å²) in [5.74, 6) is 0.0818. The second-order valence-electron chi connectivity index (χ2n) is 5.97. The van der Waals surface area contributed by atoms with Crippen molar-refractivity contribution in [3.05, 3.63) is 95.6 Å². The summed E-state index contributed by atoms with van der Waals surface area (Å²) >= 11 is 0. The molecule has 0 aliphatic rings. The predicted octanol–water partition coefficient (Wildman–Crippen LogP) is 5.03. The molecule has 0 saturated heterocycles. The lowest BCUT2D eigenvalue weighted by atomic mass is 9.91. The van der Waals surface area contributed by atoms with Crippen LogP contribution in [0.3, 0.4) is 0 Å². The van der Waals surface area contributed by atoms with E-state index in [0.717, 1.165) is 11.1 Å². The monoisotopic (exact) mass is 372 g/mol. The number of carbonyl (C=O) groups is 1. The first-order chi connectivity index (χ1) is 13.6. The zero-order chi connectivity index (χ0) is 19.9. The molecule has 0 amide bonds. The third-order valence-corrected chi connectivity index (χ3v) is 4.14. The maximum Gasteiger partial charge on any atom is 0.339 e. The quantitative estimate of drug-likeness (QED) is 0.468. The SMILES string of the molecule is O=C=CC(c1ccccc1)c1ccc(N=Nc2ccc(O)c(C(=O)O)c2)cc1. The van der Waals surface area contributed by atoms with Gasteiger partial charge in [0.15, 0.2) is 0 Å². The van der Waals surface area contributed by atoms with Gasteiger partial charge in [-0.2, -0.15) is 10.2 Å². The third kappa shape index (κ3) is 4.38. The Bertz CT molecular complexity index is 1050. The Morgan fingerprint density at radius 2 is 1.50 bits per heavy atom. The molecule has 0 bridgehead atoms. The number of hydrogen-bond acceptors (Lipinski definition) is 5. The van der Waals surface area contributed by atoms with Crippen LogP contribution < -0.4 is 0 Å². The Kier molecular flexibility index (Phi) is 5.75. The Balaban J connectivity index is 1.82. The van der Waals surface area contributed by atoms with E-state index in [9.17, 15) is 14.7 Å². The third-order valence-electron chi connectivity index (χ3n) is 4.14. The molecule has 6 heteroatoms. The number of carbonyl (C=O) groups excluding carboxylic acids is 1. The number of rotatable bonds is 6. The first-order valence-electron chi connectivity index (χ1n) is 8.42. The van der Waals surface area contributed by atoms with E-state index in [4.69, 9.17) is 5.11 Å². The molecule has 1 unspecified atom stereocenters. The molecule has 0 aliphatic carbocycles. The zero-order valence-corrected chi connectivity index (χ0v) is 14.7. The molecule has 2 N–H and O–H groups in total. The lowest BCUT2D eigenvalue weighted by Crippen LogP contribution is -1.97. The van der Waals surface area contributed by atoms with Crippen LogP contribution in [-0.4, -0.2) is 22.1 Å². The molecule has 3 aromatic rings. The fourth-order valence-electron chi connectivity index (χ4n) is 2.73. The Morgan fingerprint density at radius 3 is 2.14 bits per heavy atom. The molecule has 0 aromatic heterocycles. The maximum atomic E-state index is 11.1. The molecule has 0 aliphatic heterocycles. The Labute approximate surface area is 161 Å². The molecule has 0 radical (unpaired) electrons. The fourth-order valence-corrected chi connectivity index (χ4v) is 2.73. The highest BCUT2D eigenvalue weighted by Crippen LogP contribution is 2.28. The second kappa shape index (κ2) is 8.58. The van der Waals surface area contributed by atoms with Gasteiger partial charge >= 0.3 is 5.97 Å². The van der Waals surface area contributed by atoms with Crippen molar-refractivity contribution in [2.24, 2.45) is 10.2 Å². The number of allylic oxidation sites excluding steroid dienone is 1. The van der Waals surface area contributed by atoms with Crippen molar-refractivity contribution in [3.8, 4) is 5.75 Å². The molecule has 138 valence electrons. The summed E-state index contributed by atoms with van der Waals surface area (Å²) in [6, 6.07) is 20.8. The van der Waals surface area contributed by atoms with Crippen molar-refractivity contribution in [1.29, 1.82) is 0 Å². The average Bonchev–Trinajstić information content (AvgIpc) is 2.72. The molecule has 28 heavy (non-hydrogen) atoms. The number of phenols is 1. The largest absolute Gasteiger partial charge is 0.507 e. The number of benzene rings is 3. The smallest absolute Gasteiger partial charge is 0.339 e. The van der Waals surface area contributed by atoms with Gasteiger partial charge in [-0.25, -0.2) is 9.59 Å². The molecule has 3 aromatic carbocycles. The number of nitrogens with zero attached hydrogens (tertiary/aromatic N) is 2. The Morgan fingerprint density at radius 1 is 0.893 bits per heavy atom. The van der Waals surface area contributed by atoms with Gasteiger partial charge in [0, 0.05) is 12.0 Å². The molecular formula is C22H16N2O4. The molecular weight excluding hydrogens is 356 g/mol. The standard InChI is InChI=1S/C22H16N2O4/c25-13-12-19(15-4-2-1-3-5-15)16-6-8-17(9-7-16)23-24-18-10-11-21(26)20(14-18)22(27)28/h1-12,14,19,26H,(H,27,28). The van der Waals surface area contributed by atoms with E-state index in [1.54, 1.807) is 12.1 Å². The van der Waals surface area contributed by atoms with Gasteiger partial charge in [0.2, 0.25) is 0 Å². The average molecular weight is 372 g/mol. The number of carboxylic acid groups (broad SMARTS) is 1. The van der Waals surface area contributed by atoms with Crippen LogP contribution in [0.2, 0.25) is 0 Å². The number of hydrogen-bond donors (Lipinski definition) is 2. The molecule has 0 spiro atoms. The van der Waals surface area contributed by atoms with Crippen LogP contribution in [0.1, 0.15) is 27.4 Å². The topological polar surface area (TPSA) is 99.3 Å². The number of azo groups is 1.